The smallest absolute Gasteiger partial charge is 0.243 e. The van der Waals surface area contributed by atoms with Gasteiger partial charge in [0, 0.05) is 6.54 Å². The molecule has 3 aromatic rings. The van der Waals surface area contributed by atoms with E-state index in [1.165, 1.54) is 16.4 Å². The first kappa shape index (κ1) is 23.6. The van der Waals surface area contributed by atoms with Crippen molar-refractivity contribution in [3.05, 3.63) is 101 Å². The first-order valence-electron chi connectivity index (χ1n) is 10.3. The maximum atomic E-state index is 13.4. The molecule has 0 fully saturated rings. The van der Waals surface area contributed by atoms with Gasteiger partial charge in [-0.05, 0) is 56.2 Å². The van der Waals surface area contributed by atoms with Gasteiger partial charge in [0.15, 0.2) is 0 Å². The molecule has 1 amide bonds. The minimum atomic E-state index is -3.91. The van der Waals surface area contributed by atoms with Crippen molar-refractivity contribution in [2.24, 2.45) is 0 Å². The van der Waals surface area contributed by atoms with Crippen molar-refractivity contribution >= 4 is 15.9 Å². The lowest BCUT2D eigenvalue weighted by molar-refractivity contribution is -0.122. The van der Waals surface area contributed by atoms with Crippen molar-refractivity contribution in [2.75, 3.05) is 6.54 Å². The van der Waals surface area contributed by atoms with Gasteiger partial charge in [-0.15, -0.1) is 0 Å². The fourth-order valence-electron chi connectivity index (χ4n) is 3.38. The monoisotopic (exact) mass is 454 g/mol. The third-order valence-corrected chi connectivity index (χ3v) is 6.97. The largest absolute Gasteiger partial charge is 0.348 e. The van der Waals surface area contributed by atoms with E-state index < -0.39 is 22.0 Å². The molecular formula is C25H27FN2O3S. The Bertz CT molecular complexity index is 1180. The molecule has 0 aromatic heterocycles. The molecule has 168 valence electrons. The Hall–Kier alpha value is -3.03. The van der Waals surface area contributed by atoms with Crippen molar-refractivity contribution in [1.29, 1.82) is 0 Å². The molecule has 0 bridgehead atoms. The predicted octanol–water partition coefficient (Wildman–Crippen LogP) is 4.51. The van der Waals surface area contributed by atoms with Crippen LogP contribution in [0.4, 0.5) is 4.39 Å². The van der Waals surface area contributed by atoms with E-state index in [9.17, 15) is 17.6 Å². The first-order chi connectivity index (χ1) is 15.1. The third-order valence-electron chi connectivity index (χ3n) is 5.17. The van der Waals surface area contributed by atoms with Crippen LogP contribution >= 0.6 is 0 Å². The van der Waals surface area contributed by atoms with Crippen molar-refractivity contribution in [1.82, 2.24) is 9.62 Å². The number of hydrogen-bond acceptors (Lipinski definition) is 3. The average Bonchev–Trinajstić information content (AvgIpc) is 2.74. The number of nitrogens with zero attached hydrogens (tertiary/aromatic N) is 1. The maximum Gasteiger partial charge on any atom is 0.243 e. The summed E-state index contributed by atoms with van der Waals surface area (Å²) in [6.07, 6.45) is 0. The number of benzene rings is 3. The van der Waals surface area contributed by atoms with Gasteiger partial charge in [-0.2, -0.15) is 4.31 Å². The number of aryl methyl sites for hydroxylation is 2. The summed E-state index contributed by atoms with van der Waals surface area (Å²) in [4.78, 5) is 12.9. The highest BCUT2D eigenvalue weighted by Gasteiger charge is 2.27. The van der Waals surface area contributed by atoms with Gasteiger partial charge in [-0.1, -0.05) is 59.7 Å². The summed E-state index contributed by atoms with van der Waals surface area (Å²) >= 11 is 0. The lowest BCUT2D eigenvalue weighted by Gasteiger charge is -2.23. The summed E-state index contributed by atoms with van der Waals surface area (Å²) < 4.78 is 41.1. The van der Waals surface area contributed by atoms with Crippen molar-refractivity contribution < 1.29 is 17.6 Å². The minimum Gasteiger partial charge on any atom is -0.348 e. The van der Waals surface area contributed by atoms with Crippen molar-refractivity contribution in [3.8, 4) is 0 Å². The van der Waals surface area contributed by atoms with Crippen molar-refractivity contribution in [3.63, 3.8) is 0 Å². The van der Waals surface area contributed by atoms with E-state index in [-0.39, 0.29) is 23.8 Å². The lowest BCUT2D eigenvalue weighted by atomic mass is 10.1. The Morgan fingerprint density at radius 2 is 1.62 bits per heavy atom. The Morgan fingerprint density at radius 1 is 0.969 bits per heavy atom. The van der Waals surface area contributed by atoms with E-state index in [4.69, 9.17) is 0 Å². The number of hydrogen-bond donors (Lipinski definition) is 1. The van der Waals surface area contributed by atoms with Gasteiger partial charge in [0.25, 0.3) is 0 Å². The summed E-state index contributed by atoms with van der Waals surface area (Å²) in [5, 5.41) is 2.81. The Kier molecular flexibility index (Phi) is 7.43. The minimum absolute atomic E-state index is 0.0657. The molecule has 3 rings (SSSR count). The van der Waals surface area contributed by atoms with Gasteiger partial charge < -0.3 is 5.32 Å². The molecule has 0 saturated carbocycles. The van der Waals surface area contributed by atoms with E-state index >= 15 is 0 Å². The van der Waals surface area contributed by atoms with Crippen LogP contribution in [-0.4, -0.2) is 25.2 Å². The maximum absolute atomic E-state index is 13.4. The third kappa shape index (κ3) is 6.02. The lowest BCUT2D eigenvalue weighted by Crippen LogP contribution is -2.41. The highest BCUT2D eigenvalue weighted by atomic mass is 32.2. The molecule has 0 aliphatic heterocycles. The Morgan fingerprint density at radius 3 is 2.25 bits per heavy atom. The molecule has 5 nitrogen and oxygen atoms in total. The molecule has 7 heteroatoms. The normalized spacial score (nSPS) is 12.5. The molecule has 0 aliphatic carbocycles. The number of carbonyl (C=O) groups excluding carboxylic acids is 1. The Labute approximate surface area is 188 Å². The van der Waals surface area contributed by atoms with Crippen LogP contribution in [0.5, 0.6) is 0 Å². The van der Waals surface area contributed by atoms with Crippen LogP contribution in [-0.2, 0) is 21.4 Å². The van der Waals surface area contributed by atoms with Gasteiger partial charge in [0.2, 0.25) is 15.9 Å². The fraction of sp³-hybridized carbons (Fsp3) is 0.240. The number of halogens is 1. The molecule has 3 aromatic carbocycles. The molecule has 0 aliphatic rings. The second-order valence-corrected chi connectivity index (χ2v) is 9.85. The van der Waals surface area contributed by atoms with Gasteiger partial charge >= 0.3 is 0 Å². The summed E-state index contributed by atoms with van der Waals surface area (Å²) in [7, 11) is -3.91. The van der Waals surface area contributed by atoms with Gasteiger partial charge in [-0.3, -0.25) is 4.79 Å². The summed E-state index contributed by atoms with van der Waals surface area (Å²) in [5.41, 5.74) is 3.47. The number of nitrogens with one attached hydrogen (secondary N) is 1. The van der Waals surface area contributed by atoms with Crippen LogP contribution in [0.2, 0.25) is 0 Å². The van der Waals surface area contributed by atoms with Gasteiger partial charge in [-0.25, -0.2) is 12.8 Å². The van der Waals surface area contributed by atoms with Crippen LogP contribution in [0.25, 0.3) is 0 Å². The van der Waals surface area contributed by atoms with Crippen LogP contribution < -0.4 is 5.32 Å². The zero-order chi connectivity index (χ0) is 23.3. The molecule has 1 N–H and O–H groups in total. The summed E-state index contributed by atoms with van der Waals surface area (Å²) in [6.45, 7) is 5.31. The number of amides is 1. The SMILES string of the molecule is Cc1ccc(S(=O)(=O)N(CC(=O)N[C@H](C)c2ccc(F)cc2)Cc2cccc(C)c2)cc1. The molecule has 0 saturated heterocycles. The Balaban J connectivity index is 1.83. The van der Waals surface area contributed by atoms with Gasteiger partial charge in [0.1, 0.15) is 5.82 Å². The summed E-state index contributed by atoms with van der Waals surface area (Å²) in [6, 6.07) is 19.5. The first-order valence-corrected chi connectivity index (χ1v) is 11.8. The molecule has 0 heterocycles. The molecule has 0 spiro atoms. The standard InChI is InChI=1S/C25H27FN2O3S/c1-18-7-13-24(14-8-18)32(30,31)28(16-21-6-4-5-19(2)15-21)17-25(29)27-20(3)22-9-11-23(26)12-10-22/h4-15,20H,16-17H2,1-3H3,(H,27,29)/t20-/m1/s1. The molecule has 0 unspecified atom stereocenters. The van der Waals surface area contributed by atoms with E-state index in [0.717, 1.165) is 22.3 Å². The van der Waals surface area contributed by atoms with E-state index in [1.54, 1.807) is 43.3 Å². The zero-order valence-electron chi connectivity index (χ0n) is 18.4. The molecule has 0 radical (unpaired) electrons. The quantitative estimate of drug-likeness (QED) is 0.545. The number of rotatable bonds is 8. The van der Waals surface area contributed by atoms with Crippen LogP contribution in [0, 0.1) is 19.7 Å². The molecule has 32 heavy (non-hydrogen) atoms. The average molecular weight is 455 g/mol. The van der Waals surface area contributed by atoms with Gasteiger partial charge in [0.05, 0.1) is 17.5 Å². The molecule has 1 atom stereocenters. The zero-order valence-corrected chi connectivity index (χ0v) is 19.2. The topological polar surface area (TPSA) is 66.5 Å². The highest BCUT2D eigenvalue weighted by molar-refractivity contribution is 7.89. The second-order valence-electron chi connectivity index (χ2n) is 7.92. The predicted molar refractivity (Wildman–Crippen MR) is 123 cm³/mol. The number of sulfonamides is 1. The van der Waals surface area contributed by atoms with Crippen LogP contribution in [0.3, 0.4) is 0 Å². The van der Waals surface area contributed by atoms with E-state index in [0.29, 0.717) is 0 Å². The van der Waals surface area contributed by atoms with Crippen LogP contribution in [0.15, 0.2) is 77.7 Å². The summed E-state index contributed by atoms with van der Waals surface area (Å²) in [5.74, 6) is -0.800. The molecular weight excluding hydrogens is 427 g/mol. The second kappa shape index (κ2) is 10.1. The number of carbonyl (C=O) groups is 1. The highest BCUT2D eigenvalue weighted by Crippen LogP contribution is 2.20. The van der Waals surface area contributed by atoms with E-state index in [1.807, 2.05) is 38.1 Å². The van der Waals surface area contributed by atoms with Crippen LogP contribution in [0.1, 0.15) is 35.2 Å². The van der Waals surface area contributed by atoms with E-state index in [2.05, 4.69) is 5.32 Å². The van der Waals surface area contributed by atoms with Crippen molar-refractivity contribution in [2.45, 2.75) is 38.3 Å². The fourth-order valence-corrected chi connectivity index (χ4v) is 4.77.